The molecule has 0 aliphatic heterocycles. The first kappa shape index (κ1) is 12.3. The molecule has 8 nitrogen and oxygen atoms in total. The second-order valence-corrected chi connectivity index (χ2v) is 5.16. The summed E-state index contributed by atoms with van der Waals surface area (Å²) in [6.07, 6.45) is 0. The van der Waals surface area contributed by atoms with Crippen molar-refractivity contribution >= 4 is 27.1 Å². The Kier molecular flexibility index (Phi) is 2.93. The molecule has 0 spiro atoms. The molecule has 0 fully saturated rings. The first-order chi connectivity index (χ1) is 8.38. The number of benzene rings is 1. The average Bonchev–Trinajstić information content (AvgIpc) is 2.65. The molecule has 2 aromatic rings. The van der Waals surface area contributed by atoms with Gasteiger partial charge in [0.1, 0.15) is 6.54 Å². The number of H-pyrrole nitrogens is 1. The summed E-state index contributed by atoms with van der Waals surface area (Å²) in [6.45, 7) is -0.725. The molecular weight excluding hydrogens is 264 g/mol. The minimum absolute atomic E-state index is 0.0817. The van der Waals surface area contributed by atoms with Gasteiger partial charge in [0.2, 0.25) is 10.0 Å². The number of aromatic amines is 1. The van der Waals surface area contributed by atoms with E-state index in [0.29, 0.717) is 5.52 Å². The topological polar surface area (TPSA) is 129 Å². The molecule has 1 aromatic heterocycles. The van der Waals surface area contributed by atoms with Gasteiger partial charge in [-0.1, -0.05) is 0 Å². The second-order valence-electron chi connectivity index (χ2n) is 3.39. The number of carbonyl (C=O) groups is 1. The minimum Gasteiger partial charge on any atom is -0.480 e. The fourth-order valence-corrected chi connectivity index (χ4v) is 2.32. The van der Waals surface area contributed by atoms with Gasteiger partial charge in [-0.2, -0.15) is 4.72 Å². The van der Waals surface area contributed by atoms with E-state index in [1.165, 1.54) is 12.1 Å². The highest BCUT2D eigenvalue weighted by molar-refractivity contribution is 7.89. The molecule has 0 radical (unpaired) electrons. The number of aromatic nitrogens is 1. The van der Waals surface area contributed by atoms with E-state index < -0.39 is 28.3 Å². The summed E-state index contributed by atoms with van der Waals surface area (Å²) >= 11 is 0. The van der Waals surface area contributed by atoms with Gasteiger partial charge < -0.3 is 9.52 Å². The van der Waals surface area contributed by atoms with Crippen LogP contribution in [0.3, 0.4) is 0 Å². The molecule has 0 bridgehead atoms. The summed E-state index contributed by atoms with van der Waals surface area (Å²) < 4.78 is 30.0. The van der Waals surface area contributed by atoms with Gasteiger partial charge in [0.15, 0.2) is 5.58 Å². The van der Waals surface area contributed by atoms with Crippen LogP contribution in [-0.4, -0.2) is 31.0 Å². The van der Waals surface area contributed by atoms with Crippen LogP contribution in [0.25, 0.3) is 11.1 Å². The number of carboxylic acid groups (broad SMARTS) is 1. The molecule has 96 valence electrons. The molecule has 3 N–H and O–H groups in total. The number of aliphatic carboxylic acids is 1. The lowest BCUT2D eigenvalue weighted by Crippen LogP contribution is -2.29. The zero-order chi connectivity index (χ0) is 13.3. The van der Waals surface area contributed by atoms with Gasteiger partial charge in [0, 0.05) is 6.07 Å². The van der Waals surface area contributed by atoms with Crippen molar-refractivity contribution in [1.29, 1.82) is 0 Å². The Morgan fingerprint density at radius 3 is 2.83 bits per heavy atom. The molecule has 1 heterocycles. The van der Waals surface area contributed by atoms with Crippen LogP contribution in [-0.2, 0) is 14.8 Å². The Labute approximate surface area is 100 Å². The standard InChI is InChI=1S/C9H8N2O6S/c12-8(13)4-10-18(15,16)5-1-2-6-7(3-5)17-9(14)11-6/h1-3,10H,4H2,(H,11,14)(H,12,13). The van der Waals surface area contributed by atoms with E-state index in [1.807, 2.05) is 4.72 Å². The van der Waals surface area contributed by atoms with Gasteiger partial charge in [0.05, 0.1) is 10.4 Å². The van der Waals surface area contributed by atoms with E-state index in [1.54, 1.807) is 0 Å². The third-order valence-electron chi connectivity index (χ3n) is 2.12. The van der Waals surface area contributed by atoms with E-state index in [-0.39, 0.29) is 10.5 Å². The molecule has 0 unspecified atom stereocenters. The number of hydrogen-bond donors (Lipinski definition) is 3. The summed E-state index contributed by atoms with van der Waals surface area (Å²) in [7, 11) is -3.94. The normalized spacial score (nSPS) is 11.8. The number of oxazole rings is 1. The Morgan fingerprint density at radius 2 is 2.17 bits per heavy atom. The van der Waals surface area contributed by atoms with Crippen molar-refractivity contribution < 1.29 is 22.7 Å². The Morgan fingerprint density at radius 1 is 1.44 bits per heavy atom. The molecule has 1 aromatic carbocycles. The lowest BCUT2D eigenvalue weighted by atomic mass is 10.3. The van der Waals surface area contributed by atoms with Gasteiger partial charge in [-0.25, -0.2) is 13.2 Å². The summed E-state index contributed by atoms with van der Waals surface area (Å²) in [5.41, 5.74) is 0.440. The van der Waals surface area contributed by atoms with E-state index in [9.17, 15) is 18.0 Å². The highest BCUT2D eigenvalue weighted by Crippen LogP contribution is 2.16. The number of carboxylic acids is 1. The van der Waals surface area contributed by atoms with Crippen LogP contribution in [0.5, 0.6) is 0 Å². The molecular formula is C9H8N2O6S. The first-order valence-electron chi connectivity index (χ1n) is 4.73. The summed E-state index contributed by atoms with van der Waals surface area (Å²) in [6, 6.07) is 3.73. The SMILES string of the molecule is O=C(O)CNS(=O)(=O)c1ccc2[nH]c(=O)oc2c1. The maximum Gasteiger partial charge on any atom is 0.417 e. The quantitative estimate of drug-likeness (QED) is 0.687. The Balaban J connectivity index is 2.41. The molecule has 0 amide bonds. The first-order valence-corrected chi connectivity index (χ1v) is 6.21. The average molecular weight is 272 g/mol. The van der Waals surface area contributed by atoms with Crippen LogP contribution in [0.1, 0.15) is 0 Å². The molecule has 2 rings (SSSR count). The Bertz CT molecular complexity index is 757. The molecule has 0 saturated heterocycles. The molecule has 0 atom stereocenters. The fourth-order valence-electron chi connectivity index (χ4n) is 1.33. The maximum absolute atomic E-state index is 11.7. The van der Waals surface area contributed by atoms with Gasteiger partial charge >= 0.3 is 11.7 Å². The predicted octanol–water partition coefficient (Wildman–Crippen LogP) is -0.516. The largest absolute Gasteiger partial charge is 0.480 e. The van der Waals surface area contributed by atoms with Crippen molar-refractivity contribution in [3.63, 3.8) is 0 Å². The van der Waals surface area contributed by atoms with Crippen LogP contribution in [0.15, 0.2) is 32.3 Å². The van der Waals surface area contributed by atoms with Crippen LogP contribution in [0, 0.1) is 0 Å². The van der Waals surface area contributed by atoms with Crippen LogP contribution >= 0.6 is 0 Å². The predicted molar refractivity (Wildman–Crippen MR) is 59.7 cm³/mol. The highest BCUT2D eigenvalue weighted by Gasteiger charge is 2.16. The smallest absolute Gasteiger partial charge is 0.417 e. The highest BCUT2D eigenvalue weighted by atomic mass is 32.2. The monoisotopic (exact) mass is 272 g/mol. The van der Waals surface area contributed by atoms with Gasteiger partial charge in [-0.05, 0) is 12.1 Å². The zero-order valence-corrected chi connectivity index (χ0v) is 9.65. The van der Waals surface area contributed by atoms with E-state index in [0.717, 1.165) is 6.07 Å². The van der Waals surface area contributed by atoms with Crippen molar-refractivity contribution in [2.45, 2.75) is 4.90 Å². The van der Waals surface area contributed by atoms with Crippen LogP contribution in [0.4, 0.5) is 0 Å². The van der Waals surface area contributed by atoms with Crippen LogP contribution < -0.4 is 10.5 Å². The number of sulfonamides is 1. The van der Waals surface area contributed by atoms with Crippen molar-refractivity contribution in [2.24, 2.45) is 0 Å². The third-order valence-corrected chi connectivity index (χ3v) is 3.52. The lowest BCUT2D eigenvalue weighted by molar-refractivity contribution is -0.135. The molecule has 0 aliphatic carbocycles. The number of rotatable bonds is 4. The van der Waals surface area contributed by atoms with Crippen molar-refractivity contribution in [2.75, 3.05) is 6.54 Å². The fraction of sp³-hybridized carbons (Fsp3) is 0.111. The van der Waals surface area contributed by atoms with E-state index >= 15 is 0 Å². The van der Waals surface area contributed by atoms with Gasteiger partial charge in [0.25, 0.3) is 0 Å². The van der Waals surface area contributed by atoms with Crippen molar-refractivity contribution in [3.8, 4) is 0 Å². The van der Waals surface area contributed by atoms with E-state index in [2.05, 4.69) is 4.98 Å². The number of hydrogen-bond acceptors (Lipinski definition) is 5. The minimum atomic E-state index is -3.94. The molecule has 0 saturated carbocycles. The lowest BCUT2D eigenvalue weighted by Gasteiger charge is -2.03. The zero-order valence-electron chi connectivity index (χ0n) is 8.84. The van der Waals surface area contributed by atoms with E-state index in [4.69, 9.17) is 9.52 Å². The van der Waals surface area contributed by atoms with Gasteiger partial charge in [-0.15, -0.1) is 0 Å². The molecule has 9 heteroatoms. The van der Waals surface area contributed by atoms with Gasteiger partial charge in [-0.3, -0.25) is 9.78 Å². The Hall–Kier alpha value is -2.13. The van der Waals surface area contributed by atoms with Crippen molar-refractivity contribution in [3.05, 3.63) is 28.7 Å². The molecule has 18 heavy (non-hydrogen) atoms. The summed E-state index contributed by atoms with van der Waals surface area (Å²) in [5, 5.41) is 8.41. The maximum atomic E-state index is 11.7. The van der Waals surface area contributed by atoms with Crippen LogP contribution in [0.2, 0.25) is 0 Å². The third kappa shape index (κ3) is 2.41. The second kappa shape index (κ2) is 4.27. The summed E-state index contributed by atoms with van der Waals surface area (Å²) in [4.78, 5) is 23.4. The summed E-state index contributed by atoms with van der Waals surface area (Å²) in [5.74, 6) is -1.99. The molecule has 0 aliphatic rings. The number of nitrogens with one attached hydrogen (secondary N) is 2. The van der Waals surface area contributed by atoms with Crippen molar-refractivity contribution in [1.82, 2.24) is 9.71 Å². The number of fused-ring (bicyclic) bond motifs is 1.